The zero-order valence-corrected chi connectivity index (χ0v) is 8.06. The maximum absolute atomic E-state index is 11.5. The van der Waals surface area contributed by atoms with Crippen molar-refractivity contribution in [3.8, 4) is 0 Å². The summed E-state index contributed by atoms with van der Waals surface area (Å²) in [6, 6.07) is 7.85. The van der Waals surface area contributed by atoms with Gasteiger partial charge in [-0.2, -0.15) is 0 Å². The number of benzene rings is 1. The van der Waals surface area contributed by atoms with Gasteiger partial charge in [0.15, 0.2) is 0 Å². The van der Waals surface area contributed by atoms with Gasteiger partial charge in [-0.25, -0.2) is 19.5 Å². The number of nitrogens with zero attached hydrogens (tertiary/aromatic N) is 1. The van der Waals surface area contributed by atoms with Crippen molar-refractivity contribution in [3.63, 3.8) is 0 Å². The van der Waals surface area contributed by atoms with Gasteiger partial charge in [0.1, 0.15) is 0 Å². The molecule has 2 aromatic rings. The molecule has 0 aliphatic rings. The Hall–Kier alpha value is -2.57. The second-order valence-electron chi connectivity index (χ2n) is 3.00. The third-order valence-corrected chi connectivity index (χ3v) is 1.87. The minimum Gasteiger partial charge on any atom is -0.306 e. The van der Waals surface area contributed by atoms with E-state index in [4.69, 9.17) is 0 Å². The number of aromatic nitrogens is 3. The highest BCUT2D eigenvalue weighted by Crippen LogP contribution is 2.04. The predicted molar refractivity (Wildman–Crippen MR) is 56.5 cm³/mol. The van der Waals surface area contributed by atoms with Crippen molar-refractivity contribution in [1.29, 1.82) is 0 Å². The van der Waals surface area contributed by atoms with Crippen LogP contribution in [0.4, 0.5) is 10.5 Å². The zero-order chi connectivity index (χ0) is 11.5. The van der Waals surface area contributed by atoms with Crippen molar-refractivity contribution in [2.75, 3.05) is 5.32 Å². The number of hydrogen-bond acceptors (Lipinski definition) is 3. The van der Waals surface area contributed by atoms with Gasteiger partial charge in [-0.1, -0.05) is 18.2 Å². The molecule has 1 aromatic heterocycles. The average molecular weight is 220 g/mol. The minimum atomic E-state index is -0.807. The molecule has 0 aliphatic carbocycles. The fraction of sp³-hybridized carbons (Fsp3) is 0. The molecule has 3 N–H and O–H groups in total. The summed E-state index contributed by atoms with van der Waals surface area (Å²) in [5, 5.41) is 4.49. The van der Waals surface area contributed by atoms with Crippen molar-refractivity contribution >= 4 is 11.7 Å². The zero-order valence-electron chi connectivity index (χ0n) is 8.06. The third kappa shape index (κ3) is 1.92. The topological polar surface area (TPSA) is 99.8 Å². The summed E-state index contributed by atoms with van der Waals surface area (Å²) in [7, 11) is 0. The van der Waals surface area contributed by atoms with Crippen LogP contribution in [-0.4, -0.2) is 20.8 Å². The highest BCUT2D eigenvalue weighted by atomic mass is 16.2. The van der Waals surface area contributed by atoms with E-state index in [-0.39, 0.29) is 0 Å². The van der Waals surface area contributed by atoms with Crippen LogP contribution in [0.25, 0.3) is 0 Å². The summed E-state index contributed by atoms with van der Waals surface area (Å²) in [6.45, 7) is 0. The lowest BCUT2D eigenvalue weighted by molar-refractivity contribution is 0.250. The van der Waals surface area contributed by atoms with Gasteiger partial charge in [0.05, 0.1) is 0 Å². The summed E-state index contributed by atoms with van der Waals surface area (Å²) in [5.74, 6) is 0. The van der Waals surface area contributed by atoms with Crippen molar-refractivity contribution in [3.05, 3.63) is 51.3 Å². The Morgan fingerprint density at radius 3 is 2.44 bits per heavy atom. The van der Waals surface area contributed by atoms with Crippen molar-refractivity contribution in [1.82, 2.24) is 14.8 Å². The number of amides is 1. The standard InChI is InChI=1S/C9H8N4O3/c14-7-11-9(16)13(12-7)8(15)10-6-4-2-1-3-5-6/h1-5H,(H,10,15)(H2,11,12,14,16). The van der Waals surface area contributed by atoms with Crippen LogP contribution in [0.5, 0.6) is 0 Å². The summed E-state index contributed by atoms with van der Waals surface area (Å²) in [5.41, 5.74) is -1.01. The summed E-state index contributed by atoms with van der Waals surface area (Å²) in [4.78, 5) is 35.3. The maximum atomic E-state index is 11.5. The number of aromatic amines is 2. The lowest BCUT2D eigenvalue weighted by Crippen LogP contribution is -2.30. The Balaban J connectivity index is 2.25. The van der Waals surface area contributed by atoms with Crippen LogP contribution in [0.1, 0.15) is 0 Å². The minimum absolute atomic E-state index is 0.529. The Labute approximate surface area is 88.7 Å². The lowest BCUT2D eigenvalue weighted by Gasteiger charge is -2.02. The molecule has 0 atom stereocenters. The average Bonchev–Trinajstić information content (AvgIpc) is 2.59. The van der Waals surface area contributed by atoms with Gasteiger partial charge in [-0.15, -0.1) is 4.68 Å². The summed E-state index contributed by atoms with van der Waals surface area (Å²) >= 11 is 0. The van der Waals surface area contributed by atoms with E-state index in [2.05, 4.69) is 5.32 Å². The molecule has 16 heavy (non-hydrogen) atoms. The molecule has 1 aromatic carbocycles. The Bertz CT molecular complexity index is 607. The molecule has 0 unspecified atom stereocenters. The molecule has 0 bridgehead atoms. The number of carbonyl (C=O) groups excluding carboxylic acids is 1. The lowest BCUT2D eigenvalue weighted by atomic mass is 10.3. The number of rotatable bonds is 1. The monoisotopic (exact) mass is 220 g/mol. The van der Waals surface area contributed by atoms with Crippen molar-refractivity contribution in [2.24, 2.45) is 0 Å². The number of carbonyl (C=O) groups is 1. The molecule has 7 heteroatoms. The molecule has 1 heterocycles. The fourth-order valence-electron chi connectivity index (χ4n) is 1.18. The first-order valence-electron chi connectivity index (χ1n) is 4.44. The van der Waals surface area contributed by atoms with Gasteiger partial charge in [-0.05, 0) is 12.1 Å². The van der Waals surface area contributed by atoms with Crippen LogP contribution in [0.2, 0.25) is 0 Å². The first kappa shape index (κ1) is 9.97. The van der Waals surface area contributed by atoms with Gasteiger partial charge >= 0.3 is 17.4 Å². The van der Waals surface area contributed by atoms with Crippen molar-refractivity contribution < 1.29 is 4.79 Å². The molecule has 0 spiro atoms. The van der Waals surface area contributed by atoms with Gasteiger partial charge < -0.3 is 5.32 Å². The number of H-pyrrole nitrogens is 2. The summed E-state index contributed by atoms with van der Waals surface area (Å²) < 4.78 is 0.565. The first-order chi connectivity index (χ1) is 7.66. The normalized spacial score (nSPS) is 10.0. The molecule has 0 saturated heterocycles. The highest BCUT2D eigenvalue weighted by molar-refractivity contribution is 5.90. The molecule has 7 nitrogen and oxygen atoms in total. The van der Waals surface area contributed by atoms with Crippen LogP contribution in [0, 0.1) is 0 Å². The SMILES string of the molecule is O=C(Nc1ccccc1)n1[nH]c(=O)[nH]c1=O. The van der Waals surface area contributed by atoms with Gasteiger partial charge in [-0.3, -0.25) is 4.98 Å². The van der Waals surface area contributed by atoms with Crippen LogP contribution in [0.15, 0.2) is 39.9 Å². The third-order valence-electron chi connectivity index (χ3n) is 1.87. The molecule has 0 saturated carbocycles. The second kappa shape index (κ2) is 3.89. The van der Waals surface area contributed by atoms with E-state index in [9.17, 15) is 14.4 Å². The largest absolute Gasteiger partial charge is 0.353 e. The molecule has 1 amide bonds. The van der Waals surface area contributed by atoms with Gasteiger partial charge in [0.25, 0.3) is 0 Å². The van der Waals surface area contributed by atoms with Crippen LogP contribution >= 0.6 is 0 Å². The smallest absolute Gasteiger partial charge is 0.306 e. The second-order valence-corrected chi connectivity index (χ2v) is 3.00. The Morgan fingerprint density at radius 2 is 1.88 bits per heavy atom. The van der Waals surface area contributed by atoms with Crippen molar-refractivity contribution in [2.45, 2.75) is 0 Å². The molecule has 0 fully saturated rings. The molecular formula is C9H8N4O3. The van der Waals surface area contributed by atoms with E-state index >= 15 is 0 Å². The molecule has 82 valence electrons. The van der Waals surface area contributed by atoms with E-state index in [1.807, 2.05) is 10.1 Å². The summed E-state index contributed by atoms with van der Waals surface area (Å²) in [6.07, 6.45) is 0. The number of nitrogens with one attached hydrogen (secondary N) is 3. The number of anilines is 1. The number of para-hydroxylation sites is 1. The molecular weight excluding hydrogens is 212 g/mol. The van der Waals surface area contributed by atoms with Gasteiger partial charge in [0.2, 0.25) is 0 Å². The fourth-order valence-corrected chi connectivity index (χ4v) is 1.18. The van der Waals surface area contributed by atoms with E-state index in [0.29, 0.717) is 10.4 Å². The first-order valence-corrected chi connectivity index (χ1v) is 4.44. The van der Waals surface area contributed by atoms with E-state index in [1.165, 1.54) is 0 Å². The highest BCUT2D eigenvalue weighted by Gasteiger charge is 2.09. The Morgan fingerprint density at radius 1 is 1.19 bits per heavy atom. The molecule has 0 aliphatic heterocycles. The van der Waals surface area contributed by atoms with Crippen LogP contribution in [0.3, 0.4) is 0 Å². The van der Waals surface area contributed by atoms with E-state index in [0.717, 1.165) is 0 Å². The molecule has 0 radical (unpaired) electrons. The quantitative estimate of drug-likeness (QED) is 0.627. The Kier molecular flexibility index (Phi) is 2.42. The maximum Gasteiger partial charge on any atom is 0.353 e. The predicted octanol–water partition coefficient (Wildman–Crippen LogP) is -0.0551. The van der Waals surface area contributed by atoms with Gasteiger partial charge in [0, 0.05) is 5.69 Å². The van der Waals surface area contributed by atoms with E-state index < -0.39 is 17.4 Å². The van der Waals surface area contributed by atoms with Crippen LogP contribution in [-0.2, 0) is 0 Å². The van der Waals surface area contributed by atoms with E-state index in [1.54, 1.807) is 30.3 Å². The number of hydrogen-bond donors (Lipinski definition) is 3. The van der Waals surface area contributed by atoms with Crippen LogP contribution < -0.4 is 16.7 Å². The molecule has 2 rings (SSSR count).